The van der Waals surface area contributed by atoms with Crippen LogP contribution in [0.5, 0.6) is 0 Å². The average molecular weight is 389 g/mol. The molecule has 0 saturated heterocycles. The molecule has 144 valence electrons. The first-order valence-electron chi connectivity index (χ1n) is 8.55. The van der Waals surface area contributed by atoms with Crippen LogP contribution in [0, 0.1) is 13.8 Å². The highest BCUT2D eigenvalue weighted by Crippen LogP contribution is 2.22. The molecule has 0 aromatic carbocycles. The molecule has 0 aliphatic heterocycles. The summed E-state index contributed by atoms with van der Waals surface area (Å²) in [5, 5.41) is 7.40. The van der Waals surface area contributed by atoms with Crippen LogP contribution < -0.4 is 10.0 Å². The summed E-state index contributed by atoms with van der Waals surface area (Å²) in [5.74, 6) is 0.633. The molecular weight excluding hydrogens is 366 g/mol. The maximum Gasteiger partial charge on any atom is 0.263 e. The van der Waals surface area contributed by atoms with Gasteiger partial charge < -0.3 is 9.88 Å². The Hall–Kier alpha value is -2.88. The van der Waals surface area contributed by atoms with Crippen molar-refractivity contribution in [1.82, 2.24) is 24.3 Å². The highest BCUT2D eigenvalue weighted by molar-refractivity contribution is 7.92. The minimum Gasteiger partial charge on any atom is -0.370 e. The Balaban J connectivity index is 1.60. The number of imidazole rings is 1. The Kier molecular flexibility index (Phi) is 5.45. The van der Waals surface area contributed by atoms with Gasteiger partial charge in [0.1, 0.15) is 10.7 Å². The van der Waals surface area contributed by atoms with Crippen molar-refractivity contribution < 1.29 is 8.42 Å². The maximum absolute atomic E-state index is 12.6. The normalized spacial score (nSPS) is 11.5. The van der Waals surface area contributed by atoms with Crippen LogP contribution in [0.4, 0.5) is 11.5 Å². The fourth-order valence-electron chi connectivity index (χ4n) is 2.66. The topological polar surface area (TPSA) is 107 Å². The first-order chi connectivity index (χ1) is 12.9. The molecule has 0 aliphatic carbocycles. The van der Waals surface area contributed by atoms with Gasteiger partial charge in [0, 0.05) is 38.7 Å². The number of hydrogen-bond acceptors (Lipinski definition) is 6. The lowest BCUT2D eigenvalue weighted by molar-refractivity contribution is 0.600. The van der Waals surface area contributed by atoms with Gasteiger partial charge >= 0.3 is 0 Å². The number of nitrogens with one attached hydrogen (secondary N) is 2. The van der Waals surface area contributed by atoms with Gasteiger partial charge in [0.2, 0.25) is 0 Å². The van der Waals surface area contributed by atoms with Crippen molar-refractivity contribution in [3.63, 3.8) is 0 Å². The van der Waals surface area contributed by atoms with Gasteiger partial charge in [-0.05, 0) is 32.4 Å². The van der Waals surface area contributed by atoms with E-state index in [1.54, 1.807) is 37.2 Å². The summed E-state index contributed by atoms with van der Waals surface area (Å²) in [6.45, 7) is 5.16. The van der Waals surface area contributed by atoms with Gasteiger partial charge in [0.15, 0.2) is 0 Å². The predicted molar refractivity (Wildman–Crippen MR) is 103 cm³/mol. The van der Waals surface area contributed by atoms with Gasteiger partial charge in [-0.2, -0.15) is 5.10 Å². The Bertz CT molecular complexity index is 993. The zero-order valence-electron chi connectivity index (χ0n) is 15.5. The van der Waals surface area contributed by atoms with E-state index in [0.29, 0.717) is 17.2 Å². The number of pyridine rings is 1. The smallest absolute Gasteiger partial charge is 0.263 e. The summed E-state index contributed by atoms with van der Waals surface area (Å²) < 4.78 is 31.4. The molecule has 0 fully saturated rings. The minimum atomic E-state index is -3.72. The van der Waals surface area contributed by atoms with Crippen molar-refractivity contribution in [2.24, 2.45) is 7.05 Å². The molecule has 9 nitrogen and oxygen atoms in total. The van der Waals surface area contributed by atoms with Crippen molar-refractivity contribution in [2.75, 3.05) is 16.6 Å². The fourth-order valence-corrected chi connectivity index (χ4v) is 3.78. The molecule has 0 aliphatic rings. The monoisotopic (exact) mass is 389 g/mol. The number of anilines is 2. The van der Waals surface area contributed by atoms with Crippen molar-refractivity contribution in [2.45, 2.75) is 31.7 Å². The van der Waals surface area contributed by atoms with E-state index in [4.69, 9.17) is 0 Å². The van der Waals surface area contributed by atoms with Gasteiger partial charge in [-0.15, -0.1) is 0 Å². The molecule has 0 atom stereocenters. The Morgan fingerprint density at radius 3 is 2.63 bits per heavy atom. The van der Waals surface area contributed by atoms with Crippen molar-refractivity contribution >= 4 is 21.5 Å². The second-order valence-corrected chi connectivity index (χ2v) is 7.92. The van der Waals surface area contributed by atoms with Gasteiger partial charge in [-0.1, -0.05) is 0 Å². The van der Waals surface area contributed by atoms with E-state index in [0.717, 1.165) is 25.2 Å². The minimum absolute atomic E-state index is 0.106. The van der Waals surface area contributed by atoms with Crippen LogP contribution >= 0.6 is 0 Å². The summed E-state index contributed by atoms with van der Waals surface area (Å²) >= 11 is 0. The summed E-state index contributed by atoms with van der Waals surface area (Å²) in [6.07, 6.45) is 7.69. The Morgan fingerprint density at radius 1 is 1.22 bits per heavy atom. The summed E-state index contributed by atoms with van der Waals surface area (Å²) in [4.78, 5) is 8.30. The number of hydrogen-bond donors (Lipinski definition) is 2. The molecule has 27 heavy (non-hydrogen) atoms. The van der Waals surface area contributed by atoms with Gasteiger partial charge in [-0.3, -0.25) is 9.40 Å². The lowest BCUT2D eigenvalue weighted by atomic mass is 10.3. The number of rotatable bonds is 8. The van der Waals surface area contributed by atoms with Crippen LogP contribution in [0.3, 0.4) is 0 Å². The summed E-state index contributed by atoms with van der Waals surface area (Å²) in [7, 11) is -1.95. The number of nitrogens with zero attached hydrogens (tertiary/aromatic N) is 5. The molecule has 0 bridgehead atoms. The SMILES string of the molecule is Cc1nn(C)c(C)c1NS(=O)(=O)c1ccc(NCCCn2ccnc2)nc1. The molecule has 0 radical (unpaired) electrons. The van der Waals surface area contributed by atoms with Crippen molar-refractivity contribution in [1.29, 1.82) is 0 Å². The van der Waals surface area contributed by atoms with E-state index in [9.17, 15) is 8.42 Å². The van der Waals surface area contributed by atoms with E-state index in [1.807, 2.05) is 17.7 Å². The molecule has 3 rings (SSSR count). The average Bonchev–Trinajstić information content (AvgIpc) is 3.23. The van der Waals surface area contributed by atoms with Crippen LogP contribution in [0.1, 0.15) is 17.8 Å². The first-order valence-corrected chi connectivity index (χ1v) is 10.0. The second-order valence-electron chi connectivity index (χ2n) is 6.23. The van der Waals surface area contributed by atoms with Crippen molar-refractivity contribution in [3.8, 4) is 0 Å². The molecule has 0 unspecified atom stereocenters. The molecule has 0 saturated carbocycles. The lowest BCUT2D eigenvalue weighted by Crippen LogP contribution is -2.15. The standard InChI is InChI=1S/C17H23N7O2S/c1-13-17(14(2)23(3)21-13)22-27(25,26)15-5-6-16(20-11-15)19-7-4-9-24-10-8-18-12-24/h5-6,8,10-12,22H,4,7,9H2,1-3H3,(H,19,20). The quantitative estimate of drug-likeness (QED) is 0.570. The van der Waals surface area contributed by atoms with Crippen LogP contribution in [-0.2, 0) is 23.6 Å². The van der Waals surface area contributed by atoms with E-state index in [-0.39, 0.29) is 4.90 Å². The predicted octanol–water partition coefficient (Wildman–Crippen LogP) is 1.93. The van der Waals surface area contributed by atoms with E-state index in [2.05, 4.69) is 25.1 Å². The lowest BCUT2D eigenvalue weighted by Gasteiger charge is -2.10. The fraction of sp³-hybridized carbons (Fsp3) is 0.353. The third kappa shape index (κ3) is 4.45. The molecule has 3 aromatic heterocycles. The first kappa shape index (κ1) is 18.9. The van der Waals surface area contributed by atoms with E-state index in [1.165, 1.54) is 12.3 Å². The number of aryl methyl sites for hydroxylation is 3. The molecule has 2 N–H and O–H groups in total. The molecule has 3 aromatic rings. The largest absolute Gasteiger partial charge is 0.370 e. The zero-order valence-corrected chi connectivity index (χ0v) is 16.4. The highest BCUT2D eigenvalue weighted by Gasteiger charge is 2.19. The number of sulfonamides is 1. The summed E-state index contributed by atoms with van der Waals surface area (Å²) in [5.41, 5.74) is 1.88. The van der Waals surface area contributed by atoms with E-state index < -0.39 is 10.0 Å². The van der Waals surface area contributed by atoms with E-state index >= 15 is 0 Å². The number of aromatic nitrogens is 5. The van der Waals surface area contributed by atoms with Gasteiger partial charge in [-0.25, -0.2) is 18.4 Å². The highest BCUT2D eigenvalue weighted by atomic mass is 32.2. The third-order valence-corrected chi connectivity index (χ3v) is 5.59. The van der Waals surface area contributed by atoms with Crippen LogP contribution in [-0.4, -0.2) is 39.3 Å². The molecule has 0 amide bonds. The molecule has 0 spiro atoms. The maximum atomic E-state index is 12.6. The van der Waals surface area contributed by atoms with Crippen molar-refractivity contribution in [3.05, 3.63) is 48.4 Å². The molecule has 3 heterocycles. The van der Waals surface area contributed by atoms with Crippen LogP contribution in [0.15, 0.2) is 41.9 Å². The Labute approximate surface area is 158 Å². The van der Waals surface area contributed by atoms with Crippen LogP contribution in [0.2, 0.25) is 0 Å². The Morgan fingerprint density at radius 2 is 2.04 bits per heavy atom. The zero-order chi connectivity index (χ0) is 19.4. The van der Waals surface area contributed by atoms with Gasteiger partial charge in [0.25, 0.3) is 10.0 Å². The molecular formula is C17H23N7O2S. The third-order valence-electron chi connectivity index (χ3n) is 4.25. The molecule has 10 heteroatoms. The van der Waals surface area contributed by atoms with Gasteiger partial charge in [0.05, 0.1) is 23.4 Å². The van der Waals surface area contributed by atoms with Crippen LogP contribution in [0.25, 0.3) is 0 Å². The second kappa shape index (κ2) is 7.78. The summed E-state index contributed by atoms with van der Waals surface area (Å²) in [6, 6.07) is 3.20.